The highest BCUT2D eigenvalue weighted by molar-refractivity contribution is 6.19. The van der Waals surface area contributed by atoms with Crippen LogP contribution in [0.2, 0.25) is 0 Å². The molecule has 2 aromatic rings. The SMILES string of the molecule is CC(C)(C)c1ccc(C=C2N=C(c3ccccc3)NC2=O)cc1. The molecule has 0 aromatic heterocycles. The Labute approximate surface area is 136 Å². The average Bonchev–Trinajstić information content (AvgIpc) is 2.89. The van der Waals surface area contributed by atoms with Gasteiger partial charge in [0.25, 0.3) is 5.91 Å². The van der Waals surface area contributed by atoms with E-state index >= 15 is 0 Å². The van der Waals surface area contributed by atoms with Gasteiger partial charge in [0.1, 0.15) is 11.5 Å². The number of rotatable bonds is 2. The van der Waals surface area contributed by atoms with Gasteiger partial charge < -0.3 is 5.32 Å². The van der Waals surface area contributed by atoms with E-state index in [-0.39, 0.29) is 11.3 Å². The first-order chi connectivity index (χ1) is 10.9. The van der Waals surface area contributed by atoms with Crippen molar-refractivity contribution in [2.45, 2.75) is 26.2 Å². The molecule has 0 bridgehead atoms. The van der Waals surface area contributed by atoms with E-state index in [9.17, 15) is 4.79 Å². The van der Waals surface area contributed by atoms with Crippen molar-refractivity contribution in [1.82, 2.24) is 5.32 Å². The van der Waals surface area contributed by atoms with Gasteiger partial charge in [-0.1, -0.05) is 75.4 Å². The summed E-state index contributed by atoms with van der Waals surface area (Å²) in [6.45, 7) is 6.55. The van der Waals surface area contributed by atoms with Crippen LogP contribution in [-0.4, -0.2) is 11.7 Å². The smallest absolute Gasteiger partial charge is 0.275 e. The number of nitrogens with zero attached hydrogens (tertiary/aromatic N) is 1. The monoisotopic (exact) mass is 304 g/mol. The number of amidine groups is 1. The highest BCUT2D eigenvalue weighted by atomic mass is 16.2. The van der Waals surface area contributed by atoms with Crippen molar-refractivity contribution in [3.63, 3.8) is 0 Å². The van der Waals surface area contributed by atoms with E-state index in [0.29, 0.717) is 11.5 Å². The Morgan fingerprint density at radius 3 is 2.22 bits per heavy atom. The minimum Gasteiger partial charge on any atom is -0.305 e. The minimum absolute atomic E-state index is 0.120. The van der Waals surface area contributed by atoms with Crippen LogP contribution in [0.15, 0.2) is 65.3 Å². The Morgan fingerprint density at radius 2 is 1.61 bits per heavy atom. The lowest BCUT2D eigenvalue weighted by Gasteiger charge is -2.18. The molecule has 0 saturated carbocycles. The lowest BCUT2D eigenvalue weighted by Crippen LogP contribution is -2.24. The molecule has 23 heavy (non-hydrogen) atoms. The molecule has 1 amide bonds. The van der Waals surface area contributed by atoms with Gasteiger partial charge in [-0.15, -0.1) is 0 Å². The van der Waals surface area contributed by atoms with Crippen LogP contribution in [0.5, 0.6) is 0 Å². The summed E-state index contributed by atoms with van der Waals surface area (Å²) < 4.78 is 0. The lowest BCUT2D eigenvalue weighted by molar-refractivity contribution is -0.115. The fraction of sp³-hybridized carbons (Fsp3) is 0.200. The van der Waals surface area contributed by atoms with Crippen molar-refractivity contribution in [3.05, 3.63) is 77.0 Å². The molecule has 1 aliphatic rings. The summed E-state index contributed by atoms with van der Waals surface area (Å²) >= 11 is 0. The predicted molar refractivity (Wildman–Crippen MR) is 94.2 cm³/mol. The first-order valence-corrected chi connectivity index (χ1v) is 7.71. The maximum absolute atomic E-state index is 12.1. The predicted octanol–water partition coefficient (Wildman–Crippen LogP) is 3.90. The summed E-state index contributed by atoms with van der Waals surface area (Å²) in [7, 11) is 0. The summed E-state index contributed by atoms with van der Waals surface area (Å²) in [5, 5.41) is 2.82. The topological polar surface area (TPSA) is 41.5 Å². The van der Waals surface area contributed by atoms with Gasteiger partial charge in [0.2, 0.25) is 0 Å². The van der Waals surface area contributed by atoms with Gasteiger partial charge >= 0.3 is 0 Å². The zero-order chi connectivity index (χ0) is 16.4. The van der Waals surface area contributed by atoms with Crippen LogP contribution in [0.25, 0.3) is 6.08 Å². The molecule has 0 unspecified atom stereocenters. The van der Waals surface area contributed by atoms with Crippen LogP contribution >= 0.6 is 0 Å². The molecule has 3 nitrogen and oxygen atoms in total. The molecule has 0 spiro atoms. The van der Waals surface area contributed by atoms with Crippen molar-refractivity contribution in [1.29, 1.82) is 0 Å². The van der Waals surface area contributed by atoms with E-state index in [4.69, 9.17) is 0 Å². The molecule has 0 saturated heterocycles. The quantitative estimate of drug-likeness (QED) is 0.840. The summed E-state index contributed by atoms with van der Waals surface area (Å²) in [6, 6.07) is 17.9. The number of carbonyl (C=O) groups excluding carboxylic acids is 1. The fourth-order valence-corrected chi connectivity index (χ4v) is 2.44. The number of aliphatic imine (C=N–C) groups is 1. The Bertz CT molecular complexity index is 779. The van der Waals surface area contributed by atoms with Gasteiger partial charge in [0, 0.05) is 5.56 Å². The standard InChI is InChI=1S/C20H20N2O/c1-20(2,3)16-11-9-14(10-12-16)13-17-19(23)22-18(21-17)15-7-5-4-6-8-15/h4-13H,1-3H3,(H,21,22,23). The Balaban J connectivity index is 1.88. The Hall–Kier alpha value is -2.68. The van der Waals surface area contributed by atoms with Gasteiger partial charge in [-0.3, -0.25) is 4.79 Å². The third-order valence-electron chi connectivity index (χ3n) is 3.82. The second-order valence-corrected chi connectivity index (χ2v) is 6.68. The summed E-state index contributed by atoms with van der Waals surface area (Å²) in [6.07, 6.45) is 1.82. The number of amides is 1. The van der Waals surface area contributed by atoms with Gasteiger partial charge in [-0.25, -0.2) is 4.99 Å². The molecule has 1 N–H and O–H groups in total. The molecule has 1 heterocycles. The largest absolute Gasteiger partial charge is 0.305 e. The number of nitrogens with one attached hydrogen (secondary N) is 1. The van der Waals surface area contributed by atoms with Gasteiger partial charge in [0.15, 0.2) is 0 Å². The van der Waals surface area contributed by atoms with E-state index in [1.54, 1.807) is 0 Å². The van der Waals surface area contributed by atoms with E-state index in [0.717, 1.165) is 11.1 Å². The van der Waals surface area contributed by atoms with E-state index in [1.807, 2.05) is 48.5 Å². The molecule has 2 aromatic carbocycles. The van der Waals surface area contributed by atoms with Crippen LogP contribution in [0.4, 0.5) is 0 Å². The number of hydrogen-bond acceptors (Lipinski definition) is 2. The number of carbonyl (C=O) groups is 1. The molecule has 3 rings (SSSR count). The van der Waals surface area contributed by atoms with Crippen molar-refractivity contribution in [2.24, 2.45) is 4.99 Å². The Kier molecular flexibility index (Phi) is 3.87. The second kappa shape index (κ2) is 5.84. The number of benzene rings is 2. The van der Waals surface area contributed by atoms with Gasteiger partial charge in [-0.05, 0) is 22.6 Å². The van der Waals surface area contributed by atoms with Gasteiger partial charge in [0.05, 0.1) is 0 Å². The lowest BCUT2D eigenvalue weighted by atomic mass is 9.87. The maximum Gasteiger partial charge on any atom is 0.275 e. The Morgan fingerprint density at radius 1 is 0.957 bits per heavy atom. The average molecular weight is 304 g/mol. The zero-order valence-electron chi connectivity index (χ0n) is 13.6. The molecule has 1 aliphatic heterocycles. The third-order valence-corrected chi connectivity index (χ3v) is 3.82. The van der Waals surface area contributed by atoms with E-state index < -0.39 is 0 Å². The van der Waals surface area contributed by atoms with E-state index in [1.165, 1.54) is 5.56 Å². The molecule has 0 atom stereocenters. The summed E-state index contributed by atoms with van der Waals surface area (Å²) in [4.78, 5) is 16.5. The van der Waals surface area contributed by atoms with Crippen LogP contribution < -0.4 is 5.32 Å². The van der Waals surface area contributed by atoms with E-state index in [2.05, 4.69) is 43.2 Å². The normalized spacial score (nSPS) is 16.4. The third kappa shape index (κ3) is 3.39. The summed E-state index contributed by atoms with van der Waals surface area (Å²) in [5.41, 5.74) is 3.71. The van der Waals surface area contributed by atoms with Crippen molar-refractivity contribution < 1.29 is 4.79 Å². The minimum atomic E-state index is -0.163. The molecule has 0 fully saturated rings. The van der Waals surface area contributed by atoms with Crippen LogP contribution in [0.1, 0.15) is 37.5 Å². The summed E-state index contributed by atoms with van der Waals surface area (Å²) in [5.74, 6) is 0.442. The number of hydrogen-bond donors (Lipinski definition) is 1. The molecule has 116 valence electrons. The van der Waals surface area contributed by atoms with Crippen molar-refractivity contribution in [3.8, 4) is 0 Å². The molecule has 0 radical (unpaired) electrons. The first kappa shape index (κ1) is 15.2. The molecule has 0 aliphatic carbocycles. The second-order valence-electron chi connectivity index (χ2n) is 6.68. The van der Waals surface area contributed by atoms with Gasteiger partial charge in [-0.2, -0.15) is 0 Å². The van der Waals surface area contributed by atoms with Crippen LogP contribution in [0.3, 0.4) is 0 Å². The van der Waals surface area contributed by atoms with Crippen LogP contribution in [0, 0.1) is 0 Å². The molecule has 3 heteroatoms. The zero-order valence-corrected chi connectivity index (χ0v) is 13.6. The van der Waals surface area contributed by atoms with Crippen LogP contribution in [-0.2, 0) is 10.2 Å². The highest BCUT2D eigenvalue weighted by Gasteiger charge is 2.21. The van der Waals surface area contributed by atoms with Crippen molar-refractivity contribution >= 4 is 17.8 Å². The fourth-order valence-electron chi connectivity index (χ4n) is 2.44. The molecular weight excluding hydrogens is 284 g/mol. The maximum atomic E-state index is 12.1. The first-order valence-electron chi connectivity index (χ1n) is 7.71. The highest BCUT2D eigenvalue weighted by Crippen LogP contribution is 2.23. The van der Waals surface area contributed by atoms with Crippen molar-refractivity contribution in [2.75, 3.05) is 0 Å². The molecular formula is C20H20N2O.